The fourth-order valence-electron chi connectivity index (χ4n) is 4.49. The third-order valence-corrected chi connectivity index (χ3v) is 5.87. The van der Waals surface area contributed by atoms with Crippen LogP contribution in [0.4, 0.5) is 5.69 Å². The third kappa shape index (κ3) is 2.90. The van der Waals surface area contributed by atoms with Gasteiger partial charge in [-0.1, -0.05) is 0 Å². The van der Waals surface area contributed by atoms with Crippen molar-refractivity contribution < 1.29 is 24.2 Å². The number of hydrogen-bond donors (Lipinski definition) is 1. The van der Waals surface area contributed by atoms with E-state index < -0.39 is 17.8 Å². The van der Waals surface area contributed by atoms with Gasteiger partial charge in [-0.15, -0.1) is 0 Å². The lowest BCUT2D eigenvalue weighted by atomic mass is 9.78. The smallest absolute Gasteiger partial charge is 0.310 e. The van der Waals surface area contributed by atoms with Gasteiger partial charge in [-0.2, -0.15) is 0 Å². The number of amides is 1. The Morgan fingerprint density at radius 2 is 1.65 bits per heavy atom. The Bertz CT molecular complexity index is 684. The highest BCUT2D eigenvalue weighted by molar-refractivity contribution is 5.86. The van der Waals surface area contributed by atoms with Crippen LogP contribution in [0.1, 0.15) is 12.8 Å². The van der Waals surface area contributed by atoms with Crippen molar-refractivity contribution >= 4 is 17.6 Å². The highest BCUT2D eigenvalue weighted by Gasteiger charge is 2.56. The minimum Gasteiger partial charge on any atom is -0.497 e. The van der Waals surface area contributed by atoms with Crippen LogP contribution in [0.5, 0.6) is 5.75 Å². The average molecular weight is 360 g/mol. The number of hydrogen-bond acceptors (Lipinski definition) is 5. The molecular weight excluding hydrogens is 336 g/mol. The molecule has 3 saturated heterocycles. The second-order valence-electron chi connectivity index (χ2n) is 7.19. The zero-order valence-corrected chi connectivity index (χ0v) is 14.8. The predicted molar refractivity (Wildman–Crippen MR) is 94.3 cm³/mol. The minimum absolute atomic E-state index is 0.0565. The van der Waals surface area contributed by atoms with Crippen molar-refractivity contribution in [1.29, 1.82) is 0 Å². The molecule has 1 amide bonds. The van der Waals surface area contributed by atoms with Crippen molar-refractivity contribution in [1.82, 2.24) is 4.90 Å². The van der Waals surface area contributed by atoms with Crippen molar-refractivity contribution in [2.45, 2.75) is 25.0 Å². The Balaban J connectivity index is 1.39. The molecule has 140 valence electrons. The molecular formula is C19H24N2O5. The van der Waals surface area contributed by atoms with Gasteiger partial charge in [0, 0.05) is 31.9 Å². The zero-order chi connectivity index (χ0) is 18.3. The fraction of sp³-hybridized carbons (Fsp3) is 0.579. The van der Waals surface area contributed by atoms with Gasteiger partial charge in [-0.25, -0.2) is 0 Å². The van der Waals surface area contributed by atoms with E-state index in [0.717, 1.165) is 37.4 Å². The molecule has 0 radical (unpaired) electrons. The number of anilines is 1. The van der Waals surface area contributed by atoms with Gasteiger partial charge in [0.2, 0.25) is 5.91 Å². The number of fused-ring (bicyclic) bond motifs is 2. The SMILES string of the molecule is COc1ccc(N2CCN(C(=O)[C@H]3[C@@H](C(=O)O)[C@H]4CC[C@@H]3O4)CC2)cc1. The Hall–Kier alpha value is -2.28. The first-order chi connectivity index (χ1) is 12.6. The van der Waals surface area contributed by atoms with Crippen LogP contribution in [0.2, 0.25) is 0 Å². The molecule has 0 saturated carbocycles. The van der Waals surface area contributed by atoms with Crippen molar-refractivity contribution in [2.75, 3.05) is 38.2 Å². The normalized spacial score (nSPS) is 30.5. The van der Waals surface area contributed by atoms with E-state index in [1.807, 2.05) is 29.2 Å². The summed E-state index contributed by atoms with van der Waals surface area (Å²) in [6.07, 6.45) is 1.01. The molecule has 0 aliphatic carbocycles. The van der Waals surface area contributed by atoms with Gasteiger partial charge in [-0.05, 0) is 37.1 Å². The second kappa shape index (κ2) is 6.79. The number of carbonyl (C=O) groups is 2. The highest BCUT2D eigenvalue weighted by atomic mass is 16.5. The molecule has 4 rings (SSSR count). The molecule has 3 aliphatic heterocycles. The number of carboxylic acid groups (broad SMARTS) is 1. The molecule has 2 bridgehead atoms. The molecule has 3 heterocycles. The molecule has 3 fully saturated rings. The van der Waals surface area contributed by atoms with Gasteiger partial charge in [0.25, 0.3) is 0 Å². The Morgan fingerprint density at radius 1 is 1.04 bits per heavy atom. The van der Waals surface area contributed by atoms with E-state index in [4.69, 9.17) is 9.47 Å². The maximum Gasteiger partial charge on any atom is 0.310 e. The number of methoxy groups -OCH3 is 1. The van der Waals surface area contributed by atoms with Crippen LogP contribution >= 0.6 is 0 Å². The lowest BCUT2D eigenvalue weighted by molar-refractivity contribution is -0.151. The number of carbonyl (C=O) groups excluding carboxylic acids is 1. The van der Waals surface area contributed by atoms with Gasteiger partial charge in [0.05, 0.1) is 31.2 Å². The number of carboxylic acids is 1. The summed E-state index contributed by atoms with van der Waals surface area (Å²) >= 11 is 0. The van der Waals surface area contributed by atoms with E-state index in [2.05, 4.69) is 4.90 Å². The third-order valence-electron chi connectivity index (χ3n) is 5.87. The number of piperazine rings is 1. The maximum absolute atomic E-state index is 13.0. The van der Waals surface area contributed by atoms with Gasteiger partial charge in [0.1, 0.15) is 5.75 Å². The number of ether oxygens (including phenoxy) is 2. The first-order valence-corrected chi connectivity index (χ1v) is 9.14. The molecule has 1 N–H and O–H groups in total. The van der Waals surface area contributed by atoms with Crippen LogP contribution in [0.25, 0.3) is 0 Å². The minimum atomic E-state index is -0.910. The van der Waals surface area contributed by atoms with E-state index in [-0.39, 0.29) is 18.1 Å². The van der Waals surface area contributed by atoms with Crippen LogP contribution in [0.3, 0.4) is 0 Å². The van der Waals surface area contributed by atoms with Crippen LogP contribution in [-0.2, 0) is 14.3 Å². The zero-order valence-electron chi connectivity index (χ0n) is 14.8. The topological polar surface area (TPSA) is 79.3 Å². The van der Waals surface area contributed by atoms with Crippen LogP contribution in [0, 0.1) is 11.8 Å². The van der Waals surface area contributed by atoms with Gasteiger partial charge < -0.3 is 24.4 Å². The molecule has 3 aliphatic rings. The van der Waals surface area contributed by atoms with Crippen molar-refractivity contribution in [3.05, 3.63) is 24.3 Å². The summed E-state index contributed by atoms with van der Waals surface area (Å²) in [7, 11) is 1.64. The first-order valence-electron chi connectivity index (χ1n) is 9.14. The second-order valence-corrected chi connectivity index (χ2v) is 7.19. The lowest BCUT2D eigenvalue weighted by Crippen LogP contribution is -2.53. The Morgan fingerprint density at radius 3 is 2.23 bits per heavy atom. The quantitative estimate of drug-likeness (QED) is 0.870. The number of nitrogens with zero attached hydrogens (tertiary/aromatic N) is 2. The van der Waals surface area contributed by atoms with Crippen molar-refractivity contribution in [3.8, 4) is 5.75 Å². The number of benzene rings is 1. The highest BCUT2D eigenvalue weighted by Crippen LogP contribution is 2.44. The summed E-state index contributed by atoms with van der Waals surface area (Å²) in [6.45, 7) is 2.67. The molecule has 4 atom stereocenters. The van der Waals surface area contributed by atoms with E-state index in [9.17, 15) is 14.7 Å². The molecule has 0 spiro atoms. The monoisotopic (exact) mass is 360 g/mol. The molecule has 7 nitrogen and oxygen atoms in total. The fourth-order valence-corrected chi connectivity index (χ4v) is 4.49. The average Bonchev–Trinajstić information content (AvgIpc) is 3.29. The van der Waals surface area contributed by atoms with Crippen molar-refractivity contribution in [2.24, 2.45) is 11.8 Å². The molecule has 7 heteroatoms. The summed E-state index contributed by atoms with van der Waals surface area (Å²) in [5, 5.41) is 9.52. The van der Waals surface area contributed by atoms with Crippen LogP contribution < -0.4 is 9.64 Å². The van der Waals surface area contributed by atoms with E-state index in [0.29, 0.717) is 13.1 Å². The summed E-state index contributed by atoms with van der Waals surface area (Å²) in [5.41, 5.74) is 1.10. The largest absolute Gasteiger partial charge is 0.497 e. The Kier molecular flexibility index (Phi) is 4.48. The summed E-state index contributed by atoms with van der Waals surface area (Å²) in [5.74, 6) is -1.37. The standard InChI is InChI=1S/C19H24N2O5/c1-25-13-4-2-12(3-5-13)20-8-10-21(11-9-20)18(22)16-14-6-7-15(26-14)17(16)19(23)24/h2-5,14-17H,6-11H2,1H3,(H,23,24)/t14-,15+,16+,17-/m0/s1. The summed E-state index contributed by atoms with van der Waals surface area (Å²) in [6, 6.07) is 7.88. The van der Waals surface area contributed by atoms with Gasteiger partial charge in [0.15, 0.2) is 0 Å². The Labute approximate surface area is 152 Å². The van der Waals surface area contributed by atoms with Crippen molar-refractivity contribution in [3.63, 3.8) is 0 Å². The van der Waals surface area contributed by atoms with E-state index in [1.165, 1.54) is 0 Å². The molecule has 26 heavy (non-hydrogen) atoms. The molecule has 0 unspecified atom stereocenters. The maximum atomic E-state index is 13.0. The summed E-state index contributed by atoms with van der Waals surface area (Å²) in [4.78, 5) is 28.6. The van der Waals surface area contributed by atoms with Gasteiger partial charge >= 0.3 is 5.97 Å². The van der Waals surface area contributed by atoms with E-state index >= 15 is 0 Å². The molecule has 0 aromatic heterocycles. The van der Waals surface area contributed by atoms with Crippen LogP contribution in [-0.4, -0.2) is 67.4 Å². The summed E-state index contributed by atoms with van der Waals surface area (Å²) < 4.78 is 10.9. The molecule has 1 aromatic rings. The number of aliphatic carboxylic acids is 1. The van der Waals surface area contributed by atoms with Gasteiger partial charge in [-0.3, -0.25) is 9.59 Å². The predicted octanol–water partition coefficient (Wildman–Crippen LogP) is 1.22. The lowest BCUT2D eigenvalue weighted by Gasteiger charge is -2.38. The van der Waals surface area contributed by atoms with E-state index in [1.54, 1.807) is 7.11 Å². The molecule has 1 aromatic carbocycles. The van der Waals surface area contributed by atoms with Crippen LogP contribution in [0.15, 0.2) is 24.3 Å². The number of rotatable bonds is 4. The first kappa shape index (κ1) is 17.1.